The maximum atomic E-state index is 12.3. The van der Waals surface area contributed by atoms with Gasteiger partial charge in [-0.1, -0.05) is 48.0 Å². The lowest BCUT2D eigenvalue weighted by atomic mass is 9.90. The van der Waals surface area contributed by atoms with Crippen LogP contribution in [0.15, 0.2) is 36.5 Å². The van der Waals surface area contributed by atoms with Gasteiger partial charge in [0.25, 0.3) is 5.91 Å². The number of hydrogen-bond donors (Lipinski definition) is 1. The number of aromatic nitrogens is 1. The van der Waals surface area contributed by atoms with Crippen molar-refractivity contribution in [3.05, 3.63) is 42.1 Å². The molecule has 1 amide bonds. The summed E-state index contributed by atoms with van der Waals surface area (Å²) in [7, 11) is 0. The van der Waals surface area contributed by atoms with E-state index in [1.54, 1.807) is 6.20 Å². The summed E-state index contributed by atoms with van der Waals surface area (Å²) in [6, 6.07) is 9.52. The Balaban J connectivity index is 2.16. The molecule has 1 aromatic carbocycles. The second-order valence-corrected chi connectivity index (χ2v) is 6.46. The van der Waals surface area contributed by atoms with Crippen molar-refractivity contribution in [3.63, 3.8) is 0 Å². The molecule has 0 spiro atoms. The van der Waals surface area contributed by atoms with Gasteiger partial charge in [-0.3, -0.25) is 9.78 Å². The summed E-state index contributed by atoms with van der Waals surface area (Å²) >= 11 is 3.45. The maximum Gasteiger partial charge on any atom is 0.253 e. The van der Waals surface area contributed by atoms with Crippen LogP contribution in [-0.2, 0) is 0 Å². The molecule has 0 radical (unpaired) electrons. The lowest BCUT2D eigenvalue weighted by Gasteiger charge is -2.24. The Morgan fingerprint density at radius 3 is 2.80 bits per heavy atom. The van der Waals surface area contributed by atoms with E-state index in [1.165, 1.54) is 0 Å². The number of carbonyl (C=O) groups is 1. The highest BCUT2D eigenvalue weighted by Gasteiger charge is 2.19. The Labute approximate surface area is 127 Å². The molecule has 1 heterocycles. The third kappa shape index (κ3) is 3.57. The molecule has 0 saturated carbocycles. The van der Waals surface area contributed by atoms with Gasteiger partial charge >= 0.3 is 0 Å². The second-order valence-electron chi connectivity index (χ2n) is 5.67. The van der Waals surface area contributed by atoms with Crippen LogP contribution in [0.3, 0.4) is 0 Å². The molecule has 0 atom stereocenters. The number of alkyl halides is 1. The number of rotatable bonds is 5. The Morgan fingerprint density at radius 2 is 2.05 bits per heavy atom. The summed E-state index contributed by atoms with van der Waals surface area (Å²) < 4.78 is 0. The number of hydrogen-bond acceptors (Lipinski definition) is 2. The Bertz CT molecular complexity index is 605. The van der Waals surface area contributed by atoms with Crippen LogP contribution in [0.1, 0.15) is 30.6 Å². The van der Waals surface area contributed by atoms with Gasteiger partial charge in [0.1, 0.15) is 0 Å². The van der Waals surface area contributed by atoms with Crippen LogP contribution in [-0.4, -0.2) is 22.8 Å². The van der Waals surface area contributed by atoms with Crippen molar-refractivity contribution >= 4 is 32.7 Å². The number of amides is 1. The minimum Gasteiger partial charge on any atom is -0.351 e. The molecule has 0 aliphatic rings. The molecule has 0 unspecified atom stereocenters. The first-order valence-electron chi connectivity index (χ1n) is 6.71. The highest BCUT2D eigenvalue weighted by atomic mass is 79.9. The molecule has 0 saturated heterocycles. The number of carbonyl (C=O) groups excluding carboxylic acids is 1. The van der Waals surface area contributed by atoms with E-state index in [-0.39, 0.29) is 11.3 Å². The number of halogens is 1. The molecule has 2 aromatic rings. The van der Waals surface area contributed by atoms with E-state index in [0.717, 1.165) is 22.7 Å². The predicted octanol–water partition coefficient (Wildman–Crippen LogP) is 3.78. The smallest absolute Gasteiger partial charge is 0.253 e. The molecule has 0 bridgehead atoms. The van der Waals surface area contributed by atoms with Crippen molar-refractivity contribution in [1.29, 1.82) is 0 Å². The largest absolute Gasteiger partial charge is 0.351 e. The van der Waals surface area contributed by atoms with E-state index in [4.69, 9.17) is 0 Å². The van der Waals surface area contributed by atoms with Crippen LogP contribution in [0.4, 0.5) is 0 Å². The summed E-state index contributed by atoms with van der Waals surface area (Å²) in [5, 5.41) is 4.94. The van der Waals surface area contributed by atoms with Gasteiger partial charge < -0.3 is 5.32 Å². The molecule has 0 aliphatic carbocycles. The number of nitrogens with one attached hydrogen (secondary N) is 1. The van der Waals surface area contributed by atoms with E-state index in [0.29, 0.717) is 12.1 Å². The molecule has 0 fully saturated rings. The fraction of sp³-hybridized carbons (Fsp3) is 0.375. The first-order chi connectivity index (χ1) is 9.53. The van der Waals surface area contributed by atoms with Crippen molar-refractivity contribution in [1.82, 2.24) is 10.3 Å². The summed E-state index contributed by atoms with van der Waals surface area (Å²) in [6.45, 7) is 4.95. The number of fused-ring (bicyclic) bond motifs is 1. The van der Waals surface area contributed by atoms with Crippen LogP contribution in [0.25, 0.3) is 10.9 Å². The van der Waals surface area contributed by atoms with Crippen LogP contribution >= 0.6 is 15.9 Å². The van der Waals surface area contributed by atoms with Gasteiger partial charge in [0.15, 0.2) is 0 Å². The SMILES string of the molecule is CC(C)(CCBr)CNC(=O)c1cccc2cccnc12. The molecule has 1 N–H and O–H groups in total. The molecular formula is C16H19BrN2O. The summed E-state index contributed by atoms with van der Waals surface area (Å²) in [6.07, 6.45) is 2.73. The van der Waals surface area contributed by atoms with Crippen LogP contribution < -0.4 is 5.32 Å². The first-order valence-corrected chi connectivity index (χ1v) is 7.83. The normalized spacial score (nSPS) is 11.6. The molecule has 0 aliphatic heterocycles. The van der Waals surface area contributed by atoms with E-state index in [2.05, 4.69) is 40.1 Å². The predicted molar refractivity (Wildman–Crippen MR) is 86.3 cm³/mol. The summed E-state index contributed by atoms with van der Waals surface area (Å²) in [4.78, 5) is 16.7. The number of benzene rings is 1. The van der Waals surface area contributed by atoms with Gasteiger partial charge in [-0.2, -0.15) is 0 Å². The van der Waals surface area contributed by atoms with E-state index in [9.17, 15) is 4.79 Å². The average molecular weight is 335 g/mol. The van der Waals surface area contributed by atoms with Gasteiger partial charge in [-0.25, -0.2) is 0 Å². The quantitative estimate of drug-likeness (QED) is 0.845. The molecule has 2 rings (SSSR count). The lowest BCUT2D eigenvalue weighted by Crippen LogP contribution is -2.34. The highest BCUT2D eigenvalue weighted by molar-refractivity contribution is 9.09. The van der Waals surface area contributed by atoms with Crippen molar-refractivity contribution in [2.45, 2.75) is 20.3 Å². The summed E-state index contributed by atoms with van der Waals surface area (Å²) in [5.74, 6) is -0.0584. The van der Waals surface area contributed by atoms with Gasteiger partial charge in [0.05, 0.1) is 11.1 Å². The minimum atomic E-state index is -0.0584. The van der Waals surface area contributed by atoms with Gasteiger partial charge in [-0.05, 0) is 24.0 Å². The fourth-order valence-electron chi connectivity index (χ4n) is 2.05. The van der Waals surface area contributed by atoms with Crippen molar-refractivity contribution in [3.8, 4) is 0 Å². The lowest BCUT2D eigenvalue weighted by molar-refractivity contribution is 0.0937. The molecule has 4 heteroatoms. The average Bonchev–Trinajstić information content (AvgIpc) is 2.44. The van der Waals surface area contributed by atoms with Crippen molar-refractivity contribution in [2.24, 2.45) is 5.41 Å². The zero-order chi connectivity index (χ0) is 14.6. The number of nitrogens with zero attached hydrogens (tertiary/aromatic N) is 1. The van der Waals surface area contributed by atoms with E-state index in [1.807, 2.05) is 30.3 Å². The Hall–Kier alpha value is -1.42. The first kappa shape index (κ1) is 15.0. The molecule has 1 aromatic heterocycles. The zero-order valence-electron chi connectivity index (χ0n) is 11.8. The highest BCUT2D eigenvalue weighted by Crippen LogP contribution is 2.21. The molecular weight excluding hydrogens is 316 g/mol. The third-order valence-corrected chi connectivity index (χ3v) is 3.77. The molecule has 20 heavy (non-hydrogen) atoms. The van der Waals surface area contributed by atoms with E-state index < -0.39 is 0 Å². The van der Waals surface area contributed by atoms with Crippen LogP contribution in [0.2, 0.25) is 0 Å². The topological polar surface area (TPSA) is 42.0 Å². The fourth-order valence-corrected chi connectivity index (χ4v) is 3.12. The van der Waals surface area contributed by atoms with Gasteiger partial charge in [0, 0.05) is 23.5 Å². The van der Waals surface area contributed by atoms with E-state index >= 15 is 0 Å². The van der Waals surface area contributed by atoms with Crippen molar-refractivity contribution < 1.29 is 4.79 Å². The third-order valence-electron chi connectivity index (χ3n) is 3.38. The summed E-state index contributed by atoms with van der Waals surface area (Å²) in [5.41, 5.74) is 1.47. The number of pyridine rings is 1. The standard InChI is InChI=1S/C16H19BrN2O/c1-16(2,8-9-17)11-19-15(20)13-7-3-5-12-6-4-10-18-14(12)13/h3-7,10H,8-9,11H2,1-2H3,(H,19,20). The van der Waals surface area contributed by atoms with Crippen molar-refractivity contribution in [2.75, 3.05) is 11.9 Å². The Morgan fingerprint density at radius 1 is 1.30 bits per heavy atom. The van der Waals surface area contributed by atoms with Crippen LogP contribution in [0.5, 0.6) is 0 Å². The zero-order valence-corrected chi connectivity index (χ0v) is 13.4. The van der Waals surface area contributed by atoms with Gasteiger partial charge in [-0.15, -0.1) is 0 Å². The maximum absolute atomic E-state index is 12.3. The van der Waals surface area contributed by atoms with Gasteiger partial charge in [0.2, 0.25) is 0 Å². The molecule has 3 nitrogen and oxygen atoms in total. The Kier molecular flexibility index (Phi) is 4.76. The van der Waals surface area contributed by atoms with Crippen LogP contribution in [0, 0.1) is 5.41 Å². The second kappa shape index (κ2) is 6.35. The number of para-hydroxylation sites is 1. The molecule has 106 valence electrons. The minimum absolute atomic E-state index is 0.0584. The monoisotopic (exact) mass is 334 g/mol.